The van der Waals surface area contributed by atoms with Crippen molar-refractivity contribution in [2.75, 3.05) is 0 Å². The van der Waals surface area contributed by atoms with E-state index in [0.717, 1.165) is 78.3 Å². The molecule has 0 aliphatic heterocycles. The molecule has 5 heteroatoms. The number of furan rings is 2. The molecule has 1 atom stereocenters. The van der Waals surface area contributed by atoms with Gasteiger partial charge in [0.2, 0.25) is 0 Å². The smallest absolute Gasteiger partial charge is 0.164 e. The van der Waals surface area contributed by atoms with Crippen LogP contribution in [0.2, 0.25) is 0 Å². The first-order chi connectivity index (χ1) is 29.1. The normalized spacial score (nSPS) is 22.9. The summed E-state index contributed by atoms with van der Waals surface area (Å²) in [5, 5.41) is 6.76. The molecular formula is C54H39N3O2. The van der Waals surface area contributed by atoms with Crippen molar-refractivity contribution >= 4 is 54.6 Å². The van der Waals surface area contributed by atoms with Crippen molar-refractivity contribution in [2.24, 2.45) is 23.2 Å². The van der Waals surface area contributed by atoms with Crippen LogP contribution < -0.4 is 0 Å². The van der Waals surface area contributed by atoms with Gasteiger partial charge in [0.15, 0.2) is 17.5 Å². The van der Waals surface area contributed by atoms with Crippen LogP contribution in [0.5, 0.6) is 0 Å². The van der Waals surface area contributed by atoms with Gasteiger partial charge in [-0.25, -0.2) is 15.0 Å². The monoisotopic (exact) mass is 761 g/mol. The highest BCUT2D eigenvalue weighted by atomic mass is 16.3. The van der Waals surface area contributed by atoms with Gasteiger partial charge >= 0.3 is 0 Å². The third-order valence-corrected chi connectivity index (χ3v) is 14.8. The zero-order valence-corrected chi connectivity index (χ0v) is 32.5. The molecule has 0 radical (unpaired) electrons. The Morgan fingerprint density at radius 1 is 0.424 bits per heavy atom. The lowest BCUT2D eigenvalue weighted by Gasteiger charge is -2.59. The quantitative estimate of drug-likeness (QED) is 0.179. The Bertz CT molecular complexity index is 3240. The molecule has 282 valence electrons. The molecule has 7 aromatic carbocycles. The molecule has 0 N–H and O–H groups in total. The lowest BCUT2D eigenvalue weighted by molar-refractivity contribution is -0.0612. The first-order valence-electron chi connectivity index (χ1n) is 21.4. The molecule has 4 fully saturated rings. The van der Waals surface area contributed by atoms with Crippen LogP contribution in [-0.4, -0.2) is 15.0 Å². The summed E-state index contributed by atoms with van der Waals surface area (Å²) in [6, 6.07) is 49.9. The first kappa shape index (κ1) is 32.4. The van der Waals surface area contributed by atoms with Crippen LogP contribution in [0.3, 0.4) is 0 Å². The van der Waals surface area contributed by atoms with E-state index in [1.54, 1.807) is 0 Å². The first-order valence-corrected chi connectivity index (χ1v) is 21.4. The maximum Gasteiger partial charge on any atom is 0.164 e. The molecular weight excluding hydrogens is 723 g/mol. The Balaban J connectivity index is 1.02. The Labute approximate surface area is 340 Å². The Morgan fingerprint density at radius 3 is 1.54 bits per heavy atom. The van der Waals surface area contributed by atoms with Crippen LogP contribution in [0, 0.1) is 23.2 Å². The van der Waals surface area contributed by atoms with Crippen molar-refractivity contribution < 1.29 is 8.83 Å². The van der Waals surface area contributed by atoms with E-state index >= 15 is 0 Å². The van der Waals surface area contributed by atoms with Gasteiger partial charge in [-0.3, -0.25) is 0 Å². The van der Waals surface area contributed by atoms with E-state index in [4.69, 9.17) is 23.8 Å². The molecule has 5 aliphatic carbocycles. The molecule has 5 nitrogen and oxygen atoms in total. The van der Waals surface area contributed by atoms with Crippen LogP contribution in [0.1, 0.15) is 55.6 Å². The molecule has 0 spiro atoms. The fraction of sp³-hybridized carbons (Fsp3) is 0.204. The summed E-state index contributed by atoms with van der Waals surface area (Å²) >= 11 is 0. The topological polar surface area (TPSA) is 65.0 Å². The van der Waals surface area contributed by atoms with Crippen molar-refractivity contribution in [1.82, 2.24) is 15.0 Å². The molecule has 0 amide bonds. The van der Waals surface area contributed by atoms with Gasteiger partial charge in [-0.15, -0.1) is 0 Å². The summed E-state index contributed by atoms with van der Waals surface area (Å²) in [7, 11) is 0. The molecule has 15 rings (SSSR count). The zero-order chi connectivity index (χ0) is 38.4. The third kappa shape index (κ3) is 4.64. The number of nitrogens with zero attached hydrogens (tertiary/aromatic N) is 3. The van der Waals surface area contributed by atoms with E-state index in [9.17, 15) is 0 Å². The van der Waals surface area contributed by atoms with Crippen molar-refractivity contribution in [3.8, 4) is 45.3 Å². The lowest BCUT2D eigenvalue weighted by atomic mass is 9.45. The van der Waals surface area contributed by atoms with E-state index in [1.165, 1.54) is 71.6 Å². The average molecular weight is 762 g/mol. The standard InChI is InChI=1S/C54H39N3O2/c1-2-10-34-25-43-41(24-33(34)9-1)36-20-19-35(26-42(36)50(43)54-27-30-21-31(28-54)23-32(22-30)29-54)51-55-52(39-13-7-17-46-48(39)37-11-3-5-15-44(37)58-46)57-53(56-51)40-14-8-18-47-49(40)38-12-4-6-16-45(38)59-47/h1-20,24-26,30-32,50H,21-23,27-29H2. The minimum Gasteiger partial charge on any atom is -0.456 e. The second-order valence-electron chi connectivity index (χ2n) is 18.2. The maximum atomic E-state index is 6.38. The Morgan fingerprint density at radius 2 is 0.932 bits per heavy atom. The van der Waals surface area contributed by atoms with Gasteiger partial charge in [0.1, 0.15) is 22.3 Å². The number of benzene rings is 7. The van der Waals surface area contributed by atoms with Gasteiger partial charge in [0.25, 0.3) is 0 Å². The van der Waals surface area contributed by atoms with E-state index in [0.29, 0.717) is 23.4 Å². The number of fused-ring (bicyclic) bond motifs is 10. The summed E-state index contributed by atoms with van der Waals surface area (Å²) in [4.78, 5) is 16.2. The minimum absolute atomic E-state index is 0.279. The fourth-order valence-electron chi connectivity index (χ4n) is 12.9. The summed E-state index contributed by atoms with van der Waals surface area (Å²) in [6.07, 6.45) is 8.30. The second-order valence-corrected chi connectivity index (χ2v) is 18.2. The van der Waals surface area contributed by atoms with E-state index in [-0.39, 0.29) is 5.41 Å². The van der Waals surface area contributed by atoms with Gasteiger partial charge < -0.3 is 8.83 Å². The molecule has 10 aromatic rings. The van der Waals surface area contributed by atoms with Gasteiger partial charge in [-0.05, 0) is 137 Å². The van der Waals surface area contributed by atoms with Crippen LogP contribution in [-0.2, 0) is 0 Å². The zero-order valence-electron chi connectivity index (χ0n) is 32.5. The van der Waals surface area contributed by atoms with Crippen molar-refractivity contribution in [1.29, 1.82) is 0 Å². The van der Waals surface area contributed by atoms with Crippen molar-refractivity contribution in [2.45, 2.75) is 44.4 Å². The summed E-state index contributed by atoms with van der Waals surface area (Å²) in [6.45, 7) is 0. The molecule has 3 aromatic heterocycles. The summed E-state index contributed by atoms with van der Waals surface area (Å²) < 4.78 is 12.8. The minimum atomic E-state index is 0.279. The van der Waals surface area contributed by atoms with Gasteiger partial charge in [0, 0.05) is 44.2 Å². The van der Waals surface area contributed by atoms with Gasteiger partial charge in [0.05, 0.1) is 0 Å². The van der Waals surface area contributed by atoms with E-state index in [1.807, 2.05) is 48.5 Å². The largest absolute Gasteiger partial charge is 0.456 e. The fourth-order valence-corrected chi connectivity index (χ4v) is 12.9. The molecule has 4 bridgehead atoms. The van der Waals surface area contributed by atoms with E-state index in [2.05, 4.69) is 91.0 Å². The molecule has 4 saturated carbocycles. The number of aromatic nitrogens is 3. The van der Waals surface area contributed by atoms with Crippen LogP contribution in [0.4, 0.5) is 0 Å². The summed E-state index contributed by atoms with van der Waals surface area (Å²) in [5.41, 5.74) is 12.2. The highest BCUT2D eigenvalue weighted by Gasteiger charge is 2.56. The molecule has 59 heavy (non-hydrogen) atoms. The number of hydrogen-bond donors (Lipinski definition) is 0. The van der Waals surface area contributed by atoms with E-state index < -0.39 is 0 Å². The molecule has 0 saturated heterocycles. The number of rotatable bonds is 4. The van der Waals surface area contributed by atoms with Crippen LogP contribution in [0.25, 0.3) is 99.9 Å². The Kier molecular flexibility index (Phi) is 6.45. The summed E-state index contributed by atoms with van der Waals surface area (Å²) in [5.74, 6) is 4.84. The highest BCUT2D eigenvalue weighted by Crippen LogP contribution is 2.68. The van der Waals surface area contributed by atoms with Crippen LogP contribution in [0.15, 0.2) is 148 Å². The highest BCUT2D eigenvalue weighted by molar-refractivity contribution is 6.13. The second kappa shape index (κ2) is 11.8. The van der Waals surface area contributed by atoms with Gasteiger partial charge in [-0.2, -0.15) is 0 Å². The van der Waals surface area contributed by atoms with Crippen molar-refractivity contribution in [3.63, 3.8) is 0 Å². The predicted octanol–water partition coefficient (Wildman–Crippen LogP) is 14.2. The molecule has 5 aliphatic rings. The lowest BCUT2D eigenvalue weighted by Crippen LogP contribution is -2.48. The Hall–Kier alpha value is -6.59. The third-order valence-electron chi connectivity index (χ3n) is 14.8. The van der Waals surface area contributed by atoms with Gasteiger partial charge in [-0.1, -0.05) is 97.1 Å². The van der Waals surface area contributed by atoms with Crippen LogP contribution >= 0.6 is 0 Å². The van der Waals surface area contributed by atoms with Crippen molar-refractivity contribution in [3.05, 3.63) is 151 Å². The predicted molar refractivity (Wildman–Crippen MR) is 236 cm³/mol. The number of hydrogen-bond acceptors (Lipinski definition) is 5. The number of para-hydroxylation sites is 2. The maximum absolute atomic E-state index is 6.38. The average Bonchev–Trinajstić information content (AvgIpc) is 3.94. The SMILES string of the molecule is c1ccc2cc3c(cc2c1)-c1ccc(-c2nc(-c4cccc5oc6ccccc6c45)nc(-c4cccc5oc6ccccc6c45)n2)cc1C3C12CC3CC(CC(C3)C1)C2. The molecule has 1 unspecified atom stereocenters. The molecule has 3 heterocycles.